The van der Waals surface area contributed by atoms with Crippen LogP contribution in [0.4, 0.5) is 0 Å². The lowest BCUT2D eigenvalue weighted by atomic mass is 10.4. The Hall–Kier alpha value is -0.790. The van der Waals surface area contributed by atoms with Crippen molar-refractivity contribution in [1.29, 1.82) is 0 Å². The summed E-state index contributed by atoms with van der Waals surface area (Å²) in [5, 5.41) is 3.04. The lowest BCUT2D eigenvalue weighted by Crippen LogP contribution is -2.10. The summed E-state index contributed by atoms with van der Waals surface area (Å²) in [7, 11) is 3.83. The highest BCUT2D eigenvalue weighted by molar-refractivity contribution is 5.17. The molecule has 0 aromatic carbocycles. The number of hydrogen-bond acceptors (Lipinski definition) is 1. The Morgan fingerprint density at radius 1 is 1.44 bits per heavy atom. The van der Waals surface area contributed by atoms with Gasteiger partial charge in [-0.3, -0.25) is 0 Å². The second kappa shape index (κ2) is 3.28. The van der Waals surface area contributed by atoms with Crippen molar-refractivity contribution in [2.75, 3.05) is 14.1 Å². The molecule has 0 atom stereocenters. The molecule has 0 amide bonds. The van der Waals surface area contributed by atoms with E-state index in [0.717, 1.165) is 11.4 Å². The molecule has 9 heavy (non-hydrogen) atoms. The van der Waals surface area contributed by atoms with E-state index >= 15 is 0 Å². The van der Waals surface area contributed by atoms with Gasteiger partial charge < -0.3 is 5.32 Å². The highest BCUT2D eigenvalue weighted by Gasteiger charge is 1.99. The van der Waals surface area contributed by atoms with E-state index in [1.807, 2.05) is 32.5 Å². The van der Waals surface area contributed by atoms with Crippen LogP contribution in [0.5, 0.6) is 0 Å². The molecule has 0 unspecified atom stereocenters. The average Bonchev–Trinajstić information content (AvgIpc) is 1.84. The Labute approximate surface area is 56.9 Å². The minimum Gasteiger partial charge on any atom is -0.387 e. The molecule has 0 rings (SSSR count). The van der Waals surface area contributed by atoms with E-state index in [2.05, 4.69) is 12.0 Å². The molecule has 2 heteroatoms. The summed E-state index contributed by atoms with van der Waals surface area (Å²) in [5.74, 6) is 0. The first-order chi connectivity index (χ1) is 4.09. The monoisotopic (exact) mass is 127 g/mol. The third-order valence-electron chi connectivity index (χ3n) is 1.49. The van der Waals surface area contributed by atoms with E-state index in [9.17, 15) is 0 Å². The van der Waals surface area contributed by atoms with Gasteiger partial charge in [-0.25, -0.2) is 4.58 Å². The van der Waals surface area contributed by atoms with Crippen LogP contribution < -0.4 is 5.32 Å². The summed E-state index contributed by atoms with van der Waals surface area (Å²) in [4.78, 5) is 0. The Morgan fingerprint density at radius 3 is 2.00 bits per heavy atom. The van der Waals surface area contributed by atoms with E-state index in [0.29, 0.717) is 0 Å². The molecule has 0 saturated heterocycles. The minimum atomic E-state index is 1.16. The molecule has 0 fully saturated rings. The van der Waals surface area contributed by atoms with Crippen molar-refractivity contribution in [2.24, 2.45) is 0 Å². The lowest BCUT2D eigenvalue weighted by Gasteiger charge is -1.99. The van der Waals surface area contributed by atoms with Crippen LogP contribution in [0.15, 0.2) is 11.4 Å². The first kappa shape index (κ1) is 8.21. The summed E-state index contributed by atoms with van der Waals surface area (Å²) in [6, 6.07) is 0. The fraction of sp³-hybridized carbons (Fsp3) is 0.571. The number of allylic oxidation sites excluding steroid dienone is 2. The zero-order valence-corrected chi connectivity index (χ0v) is 6.65. The van der Waals surface area contributed by atoms with Crippen molar-refractivity contribution in [1.82, 2.24) is 5.32 Å². The van der Waals surface area contributed by atoms with Crippen LogP contribution in [0, 0.1) is 0 Å². The molecule has 0 bridgehead atoms. The highest BCUT2D eigenvalue weighted by Crippen LogP contribution is 1.96. The molecule has 52 valence electrons. The molecular weight excluding hydrogens is 112 g/mol. The largest absolute Gasteiger partial charge is 0.387 e. The van der Waals surface area contributed by atoms with E-state index < -0.39 is 0 Å². The van der Waals surface area contributed by atoms with Crippen molar-refractivity contribution in [3.63, 3.8) is 0 Å². The Bertz CT molecular complexity index is 145. The third-order valence-corrected chi connectivity index (χ3v) is 1.49. The first-order valence-electron chi connectivity index (χ1n) is 2.99. The molecule has 0 aliphatic rings. The highest BCUT2D eigenvalue weighted by atomic mass is 15.0. The molecule has 0 aromatic heterocycles. The molecule has 1 N–H and O–H groups in total. The van der Waals surface area contributed by atoms with Gasteiger partial charge in [0.1, 0.15) is 13.8 Å². The predicted molar refractivity (Wildman–Crippen MR) is 40.7 cm³/mol. The van der Waals surface area contributed by atoms with Gasteiger partial charge in [0, 0.05) is 14.0 Å². The van der Waals surface area contributed by atoms with E-state index in [1.54, 1.807) is 0 Å². The second-order valence-corrected chi connectivity index (χ2v) is 2.16. The molecule has 0 aromatic rings. The third kappa shape index (κ3) is 2.31. The van der Waals surface area contributed by atoms with Crippen LogP contribution in [0.3, 0.4) is 0 Å². The Morgan fingerprint density at radius 2 is 1.89 bits per heavy atom. The number of rotatable bonds is 2. The van der Waals surface area contributed by atoms with Gasteiger partial charge in [0.2, 0.25) is 0 Å². The number of nitrogens with zero attached hydrogens (tertiary/aromatic N) is 1. The fourth-order valence-corrected chi connectivity index (χ4v) is 0.467. The molecular formula is C7H15N2+. The van der Waals surface area contributed by atoms with Crippen molar-refractivity contribution < 1.29 is 4.58 Å². The summed E-state index contributed by atoms with van der Waals surface area (Å²) in [6.45, 7) is 7.79. The van der Waals surface area contributed by atoms with E-state index in [-0.39, 0.29) is 0 Å². The summed E-state index contributed by atoms with van der Waals surface area (Å²) >= 11 is 0. The van der Waals surface area contributed by atoms with Crippen LogP contribution >= 0.6 is 0 Å². The molecule has 0 saturated carbocycles. The standard InChI is InChI=1S/C7H15N2/c1-6(8-3)7(2)9(4)5/h8H,4H2,1-3,5H3/q+1. The van der Waals surface area contributed by atoms with Crippen LogP contribution in [0.25, 0.3) is 0 Å². The smallest absolute Gasteiger partial charge is 0.196 e. The minimum absolute atomic E-state index is 1.16. The SMILES string of the molecule is C=[N+](C)C(C)=C(C)NC. The molecule has 0 spiro atoms. The van der Waals surface area contributed by atoms with Crippen molar-refractivity contribution in [3.05, 3.63) is 11.4 Å². The zero-order valence-electron chi connectivity index (χ0n) is 6.65. The van der Waals surface area contributed by atoms with Gasteiger partial charge in [-0.15, -0.1) is 0 Å². The van der Waals surface area contributed by atoms with Crippen LogP contribution in [-0.2, 0) is 0 Å². The maximum absolute atomic E-state index is 3.74. The van der Waals surface area contributed by atoms with Gasteiger partial charge >= 0.3 is 0 Å². The topological polar surface area (TPSA) is 15.0 Å². The molecule has 0 radical (unpaired) electrons. The van der Waals surface area contributed by atoms with E-state index in [1.165, 1.54) is 0 Å². The van der Waals surface area contributed by atoms with Crippen molar-refractivity contribution in [2.45, 2.75) is 13.8 Å². The molecule has 0 aliphatic carbocycles. The second-order valence-electron chi connectivity index (χ2n) is 2.16. The summed E-state index contributed by atoms with van der Waals surface area (Å²) < 4.78 is 1.84. The maximum atomic E-state index is 3.74. The Kier molecular flexibility index (Phi) is 2.99. The summed E-state index contributed by atoms with van der Waals surface area (Å²) in [6.07, 6.45) is 0. The lowest BCUT2D eigenvalue weighted by molar-refractivity contribution is -0.435. The Balaban J connectivity index is 4.28. The van der Waals surface area contributed by atoms with Gasteiger partial charge in [-0.2, -0.15) is 0 Å². The van der Waals surface area contributed by atoms with Crippen LogP contribution in [0.2, 0.25) is 0 Å². The van der Waals surface area contributed by atoms with Gasteiger partial charge in [-0.1, -0.05) is 0 Å². The van der Waals surface area contributed by atoms with Crippen LogP contribution in [0.1, 0.15) is 13.8 Å². The zero-order chi connectivity index (χ0) is 7.44. The quantitative estimate of drug-likeness (QED) is 0.428. The predicted octanol–water partition coefficient (Wildman–Crippen LogP) is 0.800. The number of hydrogen-bond donors (Lipinski definition) is 1. The first-order valence-corrected chi connectivity index (χ1v) is 2.99. The normalized spacial score (nSPS) is 12.4. The molecule has 0 heterocycles. The maximum Gasteiger partial charge on any atom is 0.196 e. The molecule has 0 aliphatic heterocycles. The number of nitrogens with one attached hydrogen (secondary N) is 1. The average molecular weight is 127 g/mol. The van der Waals surface area contributed by atoms with Crippen molar-refractivity contribution >= 4 is 6.72 Å². The van der Waals surface area contributed by atoms with Crippen molar-refractivity contribution in [3.8, 4) is 0 Å². The van der Waals surface area contributed by atoms with Gasteiger partial charge in [0.05, 0.1) is 5.70 Å². The summed E-state index contributed by atoms with van der Waals surface area (Å²) in [5.41, 5.74) is 2.32. The molecule has 2 nitrogen and oxygen atoms in total. The van der Waals surface area contributed by atoms with Gasteiger partial charge in [0.25, 0.3) is 0 Å². The van der Waals surface area contributed by atoms with Gasteiger partial charge in [-0.05, 0) is 6.92 Å². The van der Waals surface area contributed by atoms with Gasteiger partial charge in [0.15, 0.2) is 5.70 Å². The fourth-order valence-electron chi connectivity index (χ4n) is 0.467. The van der Waals surface area contributed by atoms with E-state index in [4.69, 9.17) is 0 Å². The van der Waals surface area contributed by atoms with Crippen LogP contribution in [-0.4, -0.2) is 25.4 Å².